The summed E-state index contributed by atoms with van der Waals surface area (Å²) in [6.07, 6.45) is 8.10. The highest BCUT2D eigenvalue weighted by atomic mass is 19.1. The maximum Gasteiger partial charge on any atom is 0.320 e. The van der Waals surface area contributed by atoms with Gasteiger partial charge in [-0.1, -0.05) is 0 Å². The van der Waals surface area contributed by atoms with Gasteiger partial charge < -0.3 is 21.1 Å². The quantitative estimate of drug-likeness (QED) is 0.417. The molecule has 5 N–H and O–H groups in total. The number of rotatable bonds is 3. The summed E-state index contributed by atoms with van der Waals surface area (Å²) < 4.78 is 20.9. The number of ether oxygens (including phenoxy) is 1. The van der Waals surface area contributed by atoms with Crippen LogP contribution in [-0.4, -0.2) is 41.8 Å². The van der Waals surface area contributed by atoms with E-state index in [0.29, 0.717) is 27.7 Å². The third-order valence-corrected chi connectivity index (χ3v) is 7.72. The second-order valence-corrected chi connectivity index (χ2v) is 10.1. The molecule has 35 heavy (non-hydrogen) atoms. The van der Waals surface area contributed by atoms with Gasteiger partial charge in [0.1, 0.15) is 5.82 Å². The molecular formula is C26H29FN6O2. The Labute approximate surface area is 202 Å². The minimum absolute atomic E-state index is 0.0321. The zero-order valence-corrected chi connectivity index (χ0v) is 19.7. The standard InChI is InChI=1S/C26H29FN6O2/c1-14-18(11-30-20-3-2-5-29-24(14)20)17-7-15-8-21(31-12-19(15)23(28)22(17)27)33-25(34)32-16-9-26(10-16)4-6-35-13-26/h7-8,11-12,16,29H,2-6,9-10,13,28H2,1H3,(H2,31,32,33,34). The van der Waals surface area contributed by atoms with Gasteiger partial charge in [0.2, 0.25) is 0 Å². The summed E-state index contributed by atoms with van der Waals surface area (Å²) in [5.41, 5.74) is 10.5. The first-order chi connectivity index (χ1) is 16.9. The van der Waals surface area contributed by atoms with E-state index in [1.165, 1.54) is 6.20 Å². The fourth-order valence-electron chi connectivity index (χ4n) is 5.78. The highest BCUT2D eigenvalue weighted by Gasteiger charge is 2.47. The maximum absolute atomic E-state index is 15.4. The lowest BCUT2D eigenvalue weighted by molar-refractivity contribution is 0.0639. The molecule has 3 aromatic rings. The predicted molar refractivity (Wildman–Crippen MR) is 134 cm³/mol. The van der Waals surface area contributed by atoms with Crippen molar-refractivity contribution in [2.75, 3.05) is 36.1 Å². The zero-order valence-electron chi connectivity index (χ0n) is 19.7. The number of amides is 2. The zero-order chi connectivity index (χ0) is 24.2. The van der Waals surface area contributed by atoms with Crippen LogP contribution in [0.1, 0.15) is 36.9 Å². The molecular weight excluding hydrogens is 447 g/mol. The van der Waals surface area contributed by atoms with Crippen molar-refractivity contribution in [2.24, 2.45) is 5.41 Å². The summed E-state index contributed by atoms with van der Waals surface area (Å²) in [6.45, 7) is 4.44. The van der Waals surface area contributed by atoms with E-state index >= 15 is 4.39 Å². The van der Waals surface area contributed by atoms with Crippen molar-refractivity contribution < 1.29 is 13.9 Å². The Kier molecular flexibility index (Phi) is 5.25. The number of nitrogens with one attached hydrogen (secondary N) is 3. The Morgan fingerprint density at radius 1 is 1.26 bits per heavy atom. The van der Waals surface area contributed by atoms with Crippen LogP contribution in [0.2, 0.25) is 0 Å². The number of fused-ring (bicyclic) bond motifs is 2. The van der Waals surface area contributed by atoms with Crippen LogP contribution in [0, 0.1) is 18.2 Å². The molecule has 1 saturated carbocycles. The number of urea groups is 1. The minimum Gasteiger partial charge on any atom is -0.396 e. The SMILES string of the molecule is Cc1c(-c2cc3cc(NC(=O)NC4CC5(CCOC5)C4)ncc3c(N)c2F)cnc2c1NCCC2. The third kappa shape index (κ3) is 3.83. The van der Waals surface area contributed by atoms with Crippen LogP contribution in [0.5, 0.6) is 0 Å². The van der Waals surface area contributed by atoms with Crippen LogP contribution >= 0.6 is 0 Å². The van der Waals surface area contributed by atoms with E-state index in [1.54, 1.807) is 18.3 Å². The van der Waals surface area contributed by atoms with Crippen LogP contribution in [0.4, 0.5) is 26.4 Å². The van der Waals surface area contributed by atoms with E-state index in [9.17, 15) is 4.79 Å². The van der Waals surface area contributed by atoms with Crippen LogP contribution in [0.3, 0.4) is 0 Å². The molecule has 9 heteroatoms. The Bertz CT molecular complexity index is 1330. The van der Waals surface area contributed by atoms with Gasteiger partial charge in [0.05, 0.1) is 23.7 Å². The fraction of sp³-hybridized carbons (Fsp3) is 0.423. The van der Waals surface area contributed by atoms with Gasteiger partial charge in [-0.2, -0.15) is 0 Å². The number of aryl methyl sites for hydroxylation is 1. The lowest BCUT2D eigenvalue weighted by Crippen LogP contribution is -2.52. The number of hydrogen-bond donors (Lipinski definition) is 4. The Balaban J connectivity index is 1.26. The van der Waals surface area contributed by atoms with E-state index in [4.69, 9.17) is 10.5 Å². The van der Waals surface area contributed by atoms with Crippen molar-refractivity contribution in [3.63, 3.8) is 0 Å². The van der Waals surface area contributed by atoms with Crippen molar-refractivity contribution in [3.8, 4) is 11.1 Å². The van der Waals surface area contributed by atoms with E-state index in [1.807, 2.05) is 6.92 Å². The number of nitrogens with zero attached hydrogens (tertiary/aromatic N) is 2. The normalized spacial score (nSPS) is 23.0. The van der Waals surface area contributed by atoms with Gasteiger partial charge in [0.25, 0.3) is 0 Å². The van der Waals surface area contributed by atoms with Crippen LogP contribution in [0.25, 0.3) is 21.9 Å². The average Bonchev–Trinajstić information content (AvgIpc) is 3.32. The van der Waals surface area contributed by atoms with E-state index in [-0.39, 0.29) is 23.2 Å². The molecule has 2 aliphatic heterocycles. The van der Waals surface area contributed by atoms with Crippen molar-refractivity contribution in [1.29, 1.82) is 0 Å². The Hall–Kier alpha value is -3.46. The molecule has 1 spiro atoms. The summed E-state index contributed by atoms with van der Waals surface area (Å²) in [6, 6.07) is 3.31. The number of hydrogen-bond acceptors (Lipinski definition) is 6. The second-order valence-electron chi connectivity index (χ2n) is 10.1. The van der Waals surface area contributed by atoms with Crippen LogP contribution < -0.4 is 21.7 Å². The van der Waals surface area contributed by atoms with Gasteiger partial charge in [-0.25, -0.2) is 14.2 Å². The van der Waals surface area contributed by atoms with E-state index < -0.39 is 5.82 Å². The molecule has 3 aliphatic rings. The third-order valence-electron chi connectivity index (χ3n) is 7.72. The van der Waals surface area contributed by atoms with Gasteiger partial charge >= 0.3 is 6.03 Å². The number of nitrogen functional groups attached to an aromatic ring is 1. The highest BCUT2D eigenvalue weighted by molar-refractivity contribution is 6.00. The molecule has 0 unspecified atom stereocenters. The largest absolute Gasteiger partial charge is 0.396 e. The first-order valence-corrected chi connectivity index (χ1v) is 12.2. The molecule has 1 aliphatic carbocycles. The molecule has 2 aromatic heterocycles. The smallest absolute Gasteiger partial charge is 0.320 e. The lowest BCUT2D eigenvalue weighted by Gasteiger charge is -2.44. The molecule has 2 fully saturated rings. The Morgan fingerprint density at radius 3 is 2.91 bits per heavy atom. The van der Waals surface area contributed by atoms with Gasteiger partial charge in [0, 0.05) is 48.1 Å². The monoisotopic (exact) mass is 476 g/mol. The average molecular weight is 477 g/mol. The molecule has 2 amide bonds. The van der Waals surface area contributed by atoms with Crippen molar-refractivity contribution in [3.05, 3.63) is 41.6 Å². The van der Waals surface area contributed by atoms with Gasteiger partial charge in [-0.3, -0.25) is 10.3 Å². The molecule has 8 nitrogen and oxygen atoms in total. The van der Waals surface area contributed by atoms with E-state index in [2.05, 4.69) is 25.9 Å². The summed E-state index contributed by atoms with van der Waals surface area (Å²) in [4.78, 5) is 21.4. The molecule has 182 valence electrons. The minimum atomic E-state index is -0.492. The summed E-state index contributed by atoms with van der Waals surface area (Å²) in [5, 5.41) is 10.4. The van der Waals surface area contributed by atoms with Crippen LogP contribution in [0.15, 0.2) is 24.5 Å². The topological polar surface area (TPSA) is 114 Å². The van der Waals surface area contributed by atoms with Crippen molar-refractivity contribution in [1.82, 2.24) is 15.3 Å². The number of nitrogens with two attached hydrogens (primary N) is 1. The number of carbonyl (C=O) groups is 1. The van der Waals surface area contributed by atoms with Crippen LogP contribution in [-0.2, 0) is 11.2 Å². The summed E-state index contributed by atoms with van der Waals surface area (Å²) in [5.74, 6) is -0.111. The number of benzene rings is 1. The number of aromatic nitrogens is 2. The fourth-order valence-corrected chi connectivity index (χ4v) is 5.78. The molecule has 0 radical (unpaired) electrons. The molecule has 1 aromatic carbocycles. The van der Waals surface area contributed by atoms with Gasteiger partial charge in [-0.15, -0.1) is 0 Å². The van der Waals surface area contributed by atoms with Crippen molar-refractivity contribution in [2.45, 2.75) is 45.1 Å². The number of halogens is 1. The highest BCUT2D eigenvalue weighted by Crippen LogP contribution is 2.47. The van der Waals surface area contributed by atoms with Gasteiger partial charge in [0.15, 0.2) is 5.82 Å². The lowest BCUT2D eigenvalue weighted by atomic mass is 9.65. The molecule has 6 rings (SSSR count). The molecule has 1 saturated heterocycles. The molecule has 0 bridgehead atoms. The Morgan fingerprint density at radius 2 is 2.11 bits per heavy atom. The predicted octanol–water partition coefficient (Wildman–Crippen LogP) is 4.38. The second kappa shape index (κ2) is 8.34. The maximum atomic E-state index is 15.4. The summed E-state index contributed by atoms with van der Waals surface area (Å²) >= 11 is 0. The van der Waals surface area contributed by atoms with Crippen molar-refractivity contribution >= 4 is 34.0 Å². The summed E-state index contributed by atoms with van der Waals surface area (Å²) in [7, 11) is 0. The first kappa shape index (κ1) is 22.0. The molecule has 4 heterocycles. The molecule has 0 atom stereocenters. The first-order valence-electron chi connectivity index (χ1n) is 12.2. The van der Waals surface area contributed by atoms with Gasteiger partial charge in [-0.05, 0) is 67.5 Å². The van der Waals surface area contributed by atoms with E-state index in [0.717, 1.165) is 68.8 Å². The number of pyridine rings is 2. The number of anilines is 3. The number of carbonyl (C=O) groups excluding carboxylic acids is 1.